The van der Waals surface area contributed by atoms with Gasteiger partial charge in [-0.25, -0.2) is 9.97 Å². The van der Waals surface area contributed by atoms with Crippen LogP contribution in [0.5, 0.6) is 0 Å². The number of rotatable bonds is 3. The molecular weight excluding hydrogens is 174 g/mol. The predicted molar refractivity (Wildman–Crippen MR) is 56.0 cm³/mol. The van der Waals surface area contributed by atoms with E-state index in [1.807, 2.05) is 6.20 Å². The van der Waals surface area contributed by atoms with Gasteiger partial charge in [-0.15, -0.1) is 0 Å². The van der Waals surface area contributed by atoms with E-state index in [1.165, 1.54) is 31.4 Å². The summed E-state index contributed by atoms with van der Waals surface area (Å²) < 4.78 is 0. The van der Waals surface area contributed by atoms with E-state index in [9.17, 15) is 0 Å². The zero-order valence-corrected chi connectivity index (χ0v) is 8.45. The van der Waals surface area contributed by atoms with Crippen molar-refractivity contribution >= 4 is 0 Å². The van der Waals surface area contributed by atoms with Crippen molar-refractivity contribution in [3.05, 3.63) is 23.8 Å². The number of hydrogen-bond donors (Lipinski definition) is 1. The van der Waals surface area contributed by atoms with Gasteiger partial charge in [-0.3, -0.25) is 0 Å². The fourth-order valence-corrected chi connectivity index (χ4v) is 2.11. The van der Waals surface area contributed by atoms with Crippen molar-refractivity contribution in [3.63, 3.8) is 0 Å². The molecular formula is C11H17N3. The lowest BCUT2D eigenvalue weighted by Crippen LogP contribution is -2.08. The van der Waals surface area contributed by atoms with Gasteiger partial charge in [0.2, 0.25) is 0 Å². The van der Waals surface area contributed by atoms with Crippen LogP contribution in [0.25, 0.3) is 0 Å². The quantitative estimate of drug-likeness (QED) is 0.790. The first kappa shape index (κ1) is 9.59. The Morgan fingerprint density at radius 3 is 2.86 bits per heavy atom. The van der Waals surface area contributed by atoms with Crippen LogP contribution in [0, 0.1) is 0 Å². The van der Waals surface area contributed by atoms with Gasteiger partial charge in [0.15, 0.2) is 0 Å². The molecule has 0 radical (unpaired) electrons. The third kappa shape index (κ3) is 2.10. The Morgan fingerprint density at radius 2 is 2.14 bits per heavy atom. The van der Waals surface area contributed by atoms with E-state index >= 15 is 0 Å². The molecule has 0 spiro atoms. The summed E-state index contributed by atoms with van der Waals surface area (Å²) in [7, 11) is 0. The monoisotopic (exact) mass is 191 g/mol. The molecule has 3 nitrogen and oxygen atoms in total. The lowest BCUT2D eigenvalue weighted by atomic mass is 10.0. The molecule has 1 aromatic heterocycles. The van der Waals surface area contributed by atoms with Crippen LogP contribution in [0.2, 0.25) is 0 Å². The molecule has 1 aromatic rings. The van der Waals surface area contributed by atoms with Crippen molar-refractivity contribution in [2.24, 2.45) is 5.73 Å². The smallest absolute Gasteiger partial charge is 0.129 e. The Morgan fingerprint density at radius 1 is 1.36 bits per heavy atom. The van der Waals surface area contributed by atoms with Crippen LogP contribution in [0.4, 0.5) is 0 Å². The molecule has 2 rings (SSSR count). The average Bonchev–Trinajstić information content (AvgIpc) is 2.71. The standard InChI is InChI=1S/C11H17N3/c12-7-5-11-13-8-6-10(14-11)9-3-1-2-4-9/h6,8-9H,1-5,7,12H2. The van der Waals surface area contributed by atoms with E-state index in [2.05, 4.69) is 16.0 Å². The van der Waals surface area contributed by atoms with Crippen molar-refractivity contribution in [3.8, 4) is 0 Å². The van der Waals surface area contributed by atoms with E-state index in [4.69, 9.17) is 5.73 Å². The minimum Gasteiger partial charge on any atom is -0.330 e. The molecule has 2 N–H and O–H groups in total. The van der Waals surface area contributed by atoms with E-state index in [0.717, 1.165) is 12.2 Å². The summed E-state index contributed by atoms with van der Waals surface area (Å²) in [5, 5.41) is 0. The Hall–Kier alpha value is -0.960. The van der Waals surface area contributed by atoms with Crippen LogP contribution in [0.1, 0.15) is 43.1 Å². The van der Waals surface area contributed by atoms with Gasteiger partial charge < -0.3 is 5.73 Å². The van der Waals surface area contributed by atoms with Crippen LogP contribution in [-0.4, -0.2) is 16.5 Å². The van der Waals surface area contributed by atoms with Gasteiger partial charge >= 0.3 is 0 Å². The summed E-state index contributed by atoms with van der Waals surface area (Å²) >= 11 is 0. The van der Waals surface area contributed by atoms with Crippen LogP contribution >= 0.6 is 0 Å². The maximum atomic E-state index is 5.48. The number of aromatic nitrogens is 2. The molecule has 0 bridgehead atoms. The van der Waals surface area contributed by atoms with E-state index in [0.29, 0.717) is 12.5 Å². The second-order valence-electron chi connectivity index (χ2n) is 3.92. The highest BCUT2D eigenvalue weighted by Gasteiger charge is 2.18. The fourth-order valence-electron chi connectivity index (χ4n) is 2.11. The Bertz CT molecular complexity index is 292. The summed E-state index contributed by atoms with van der Waals surface area (Å²) in [6, 6.07) is 2.05. The summed E-state index contributed by atoms with van der Waals surface area (Å²) in [5.41, 5.74) is 6.71. The Labute approximate surface area is 84.8 Å². The van der Waals surface area contributed by atoms with Crippen LogP contribution in [0.15, 0.2) is 12.3 Å². The largest absolute Gasteiger partial charge is 0.330 e. The molecule has 1 heterocycles. The molecule has 0 saturated heterocycles. The SMILES string of the molecule is NCCc1nccc(C2CCCC2)n1. The summed E-state index contributed by atoms with van der Waals surface area (Å²) in [6.45, 7) is 0.633. The molecule has 3 heteroatoms. The highest BCUT2D eigenvalue weighted by Crippen LogP contribution is 2.32. The maximum Gasteiger partial charge on any atom is 0.129 e. The average molecular weight is 191 g/mol. The topological polar surface area (TPSA) is 51.8 Å². The molecule has 1 fully saturated rings. The Kier molecular flexibility index (Phi) is 3.09. The van der Waals surface area contributed by atoms with Gasteiger partial charge in [-0.1, -0.05) is 12.8 Å². The Balaban J connectivity index is 2.12. The molecule has 0 unspecified atom stereocenters. The molecule has 14 heavy (non-hydrogen) atoms. The molecule has 0 atom stereocenters. The predicted octanol–water partition coefficient (Wildman–Crippen LogP) is 1.64. The first-order chi connectivity index (χ1) is 6.90. The molecule has 0 aromatic carbocycles. The molecule has 1 aliphatic rings. The number of hydrogen-bond acceptors (Lipinski definition) is 3. The first-order valence-electron chi connectivity index (χ1n) is 5.42. The van der Waals surface area contributed by atoms with E-state index < -0.39 is 0 Å². The van der Waals surface area contributed by atoms with Crippen LogP contribution in [-0.2, 0) is 6.42 Å². The third-order valence-corrected chi connectivity index (χ3v) is 2.87. The van der Waals surface area contributed by atoms with Gasteiger partial charge in [0, 0.05) is 24.2 Å². The lowest BCUT2D eigenvalue weighted by molar-refractivity contribution is 0.682. The fraction of sp³-hybridized carbons (Fsp3) is 0.636. The number of nitrogens with two attached hydrogens (primary N) is 1. The van der Waals surface area contributed by atoms with E-state index in [-0.39, 0.29) is 0 Å². The maximum absolute atomic E-state index is 5.48. The minimum atomic E-state index is 0.633. The molecule has 0 aliphatic heterocycles. The van der Waals surface area contributed by atoms with Crippen molar-refractivity contribution in [2.45, 2.75) is 38.0 Å². The first-order valence-corrected chi connectivity index (χ1v) is 5.42. The van der Waals surface area contributed by atoms with Gasteiger partial charge in [-0.2, -0.15) is 0 Å². The summed E-state index contributed by atoms with van der Waals surface area (Å²) in [5.74, 6) is 1.58. The number of nitrogens with zero attached hydrogens (tertiary/aromatic N) is 2. The molecule has 76 valence electrons. The minimum absolute atomic E-state index is 0.633. The molecule has 1 saturated carbocycles. The van der Waals surface area contributed by atoms with E-state index in [1.54, 1.807) is 0 Å². The second-order valence-corrected chi connectivity index (χ2v) is 3.92. The second kappa shape index (κ2) is 4.51. The highest BCUT2D eigenvalue weighted by molar-refractivity contribution is 5.10. The normalized spacial score (nSPS) is 17.5. The summed E-state index contributed by atoms with van der Waals surface area (Å²) in [6.07, 6.45) is 7.94. The molecule has 1 aliphatic carbocycles. The van der Waals surface area contributed by atoms with Crippen LogP contribution in [0.3, 0.4) is 0 Å². The van der Waals surface area contributed by atoms with Crippen molar-refractivity contribution in [1.82, 2.24) is 9.97 Å². The molecule has 0 amide bonds. The lowest BCUT2D eigenvalue weighted by Gasteiger charge is -2.08. The van der Waals surface area contributed by atoms with Crippen molar-refractivity contribution in [2.75, 3.05) is 6.54 Å². The van der Waals surface area contributed by atoms with Gasteiger partial charge in [0.1, 0.15) is 5.82 Å². The van der Waals surface area contributed by atoms with Gasteiger partial charge in [-0.05, 0) is 25.5 Å². The van der Waals surface area contributed by atoms with Gasteiger partial charge in [0.05, 0.1) is 0 Å². The van der Waals surface area contributed by atoms with Crippen LogP contribution < -0.4 is 5.73 Å². The van der Waals surface area contributed by atoms with Gasteiger partial charge in [0.25, 0.3) is 0 Å². The highest BCUT2D eigenvalue weighted by atomic mass is 14.9. The van der Waals surface area contributed by atoms with Crippen molar-refractivity contribution in [1.29, 1.82) is 0 Å². The zero-order valence-electron chi connectivity index (χ0n) is 8.45. The zero-order chi connectivity index (χ0) is 9.80. The van der Waals surface area contributed by atoms with Crippen molar-refractivity contribution < 1.29 is 0 Å². The third-order valence-electron chi connectivity index (χ3n) is 2.87. The summed E-state index contributed by atoms with van der Waals surface area (Å²) in [4.78, 5) is 8.76.